The van der Waals surface area contributed by atoms with Crippen LogP contribution in [0.2, 0.25) is 0 Å². The lowest BCUT2D eigenvalue weighted by Gasteiger charge is -2.13. The Hall–Kier alpha value is -2.82. The van der Waals surface area contributed by atoms with Crippen LogP contribution in [0.3, 0.4) is 0 Å². The van der Waals surface area contributed by atoms with Crippen LogP contribution in [0.4, 0.5) is 0 Å². The third-order valence-corrected chi connectivity index (χ3v) is 5.40. The number of rotatable bonds is 6. The van der Waals surface area contributed by atoms with Crippen molar-refractivity contribution in [1.82, 2.24) is 4.98 Å². The zero-order chi connectivity index (χ0) is 20.1. The number of hydrogen-bond donors (Lipinski definition) is 0. The van der Waals surface area contributed by atoms with E-state index in [0.29, 0.717) is 27.8 Å². The summed E-state index contributed by atoms with van der Waals surface area (Å²) in [5.41, 5.74) is 3.04. The van der Waals surface area contributed by atoms with Gasteiger partial charge in [-0.1, -0.05) is 28.1 Å². The molecule has 0 fully saturated rings. The number of halogens is 1. The first-order valence-corrected chi connectivity index (χ1v) is 9.90. The Kier molecular flexibility index (Phi) is 6.34. The van der Waals surface area contributed by atoms with Crippen molar-refractivity contribution in [1.29, 1.82) is 5.26 Å². The van der Waals surface area contributed by atoms with E-state index in [0.717, 1.165) is 21.3 Å². The number of allylic oxidation sites excluding steroid dienone is 1. The predicted octanol–water partition coefficient (Wildman–Crippen LogP) is 5.66. The van der Waals surface area contributed by atoms with Crippen molar-refractivity contribution in [2.75, 3.05) is 21.3 Å². The van der Waals surface area contributed by atoms with E-state index in [1.165, 1.54) is 11.3 Å². The van der Waals surface area contributed by atoms with Crippen molar-refractivity contribution in [3.8, 4) is 34.6 Å². The van der Waals surface area contributed by atoms with Crippen molar-refractivity contribution in [2.45, 2.75) is 0 Å². The van der Waals surface area contributed by atoms with E-state index in [2.05, 4.69) is 27.0 Å². The summed E-state index contributed by atoms with van der Waals surface area (Å²) in [5.74, 6) is 1.56. The van der Waals surface area contributed by atoms with Crippen LogP contribution >= 0.6 is 27.3 Å². The molecule has 1 heterocycles. The van der Waals surface area contributed by atoms with E-state index in [1.54, 1.807) is 39.5 Å². The van der Waals surface area contributed by atoms with Gasteiger partial charge in [0.1, 0.15) is 11.1 Å². The highest BCUT2D eigenvalue weighted by atomic mass is 79.9. The number of nitrogens with zero attached hydrogens (tertiary/aromatic N) is 2. The molecule has 7 heteroatoms. The Balaban J connectivity index is 1.99. The second kappa shape index (κ2) is 8.91. The summed E-state index contributed by atoms with van der Waals surface area (Å²) in [6.07, 6.45) is 1.76. The molecule has 5 nitrogen and oxygen atoms in total. The molecule has 1 aromatic heterocycles. The van der Waals surface area contributed by atoms with Crippen molar-refractivity contribution < 1.29 is 14.2 Å². The molecule has 0 saturated heterocycles. The summed E-state index contributed by atoms with van der Waals surface area (Å²) in [6.45, 7) is 0. The monoisotopic (exact) mass is 456 g/mol. The zero-order valence-corrected chi connectivity index (χ0v) is 17.9. The average Bonchev–Trinajstić information content (AvgIpc) is 3.21. The molecule has 0 N–H and O–H groups in total. The van der Waals surface area contributed by atoms with Crippen LogP contribution < -0.4 is 14.2 Å². The van der Waals surface area contributed by atoms with Gasteiger partial charge >= 0.3 is 0 Å². The molecule has 0 aliphatic rings. The van der Waals surface area contributed by atoms with E-state index in [1.807, 2.05) is 29.6 Å². The van der Waals surface area contributed by atoms with Gasteiger partial charge in [0.2, 0.25) is 5.75 Å². The van der Waals surface area contributed by atoms with Crippen LogP contribution in [0.15, 0.2) is 46.3 Å². The van der Waals surface area contributed by atoms with Crippen molar-refractivity contribution >= 4 is 38.9 Å². The van der Waals surface area contributed by atoms with Crippen LogP contribution in [0.1, 0.15) is 10.6 Å². The van der Waals surface area contributed by atoms with E-state index in [-0.39, 0.29) is 0 Å². The molecule has 0 unspecified atom stereocenters. The van der Waals surface area contributed by atoms with Gasteiger partial charge in [0.25, 0.3) is 0 Å². The van der Waals surface area contributed by atoms with Gasteiger partial charge in [-0.15, -0.1) is 11.3 Å². The number of thiazole rings is 1. The highest BCUT2D eigenvalue weighted by Crippen LogP contribution is 2.39. The quantitative estimate of drug-likeness (QED) is 0.447. The maximum absolute atomic E-state index is 9.67. The second-order valence-electron chi connectivity index (χ2n) is 5.67. The third kappa shape index (κ3) is 4.19. The lowest BCUT2D eigenvalue weighted by molar-refractivity contribution is 0.324. The number of hydrogen-bond acceptors (Lipinski definition) is 6. The fourth-order valence-corrected chi connectivity index (χ4v) is 3.70. The molecule has 0 spiro atoms. The van der Waals surface area contributed by atoms with E-state index >= 15 is 0 Å². The molecule has 2 aromatic carbocycles. The maximum Gasteiger partial charge on any atom is 0.203 e. The molecule has 0 atom stereocenters. The van der Waals surface area contributed by atoms with Crippen LogP contribution in [-0.2, 0) is 0 Å². The maximum atomic E-state index is 9.67. The Morgan fingerprint density at radius 3 is 2.25 bits per heavy atom. The molecular weight excluding hydrogens is 440 g/mol. The van der Waals surface area contributed by atoms with E-state index in [4.69, 9.17) is 14.2 Å². The minimum atomic E-state index is 0.461. The summed E-state index contributed by atoms with van der Waals surface area (Å²) in [5, 5.41) is 12.3. The van der Waals surface area contributed by atoms with Gasteiger partial charge < -0.3 is 14.2 Å². The smallest absolute Gasteiger partial charge is 0.203 e. The van der Waals surface area contributed by atoms with Gasteiger partial charge in [-0.05, 0) is 35.9 Å². The Bertz CT molecular complexity index is 1030. The van der Waals surface area contributed by atoms with Gasteiger partial charge in [-0.3, -0.25) is 0 Å². The SMILES string of the molecule is COc1cc(/C=C(/C#N)c2nc(-c3ccc(Br)cc3)cs2)cc(OC)c1OC. The average molecular weight is 457 g/mol. The number of aromatic nitrogens is 1. The Morgan fingerprint density at radius 1 is 1.07 bits per heavy atom. The third-order valence-electron chi connectivity index (χ3n) is 3.99. The molecule has 28 heavy (non-hydrogen) atoms. The standard InChI is InChI=1S/C21H17BrN2O3S/c1-25-18-9-13(10-19(26-2)20(18)27-3)8-15(11-23)21-24-17(12-28-21)14-4-6-16(22)7-5-14/h4-10,12H,1-3H3/b15-8-. The first-order valence-electron chi connectivity index (χ1n) is 8.23. The number of benzene rings is 2. The highest BCUT2D eigenvalue weighted by Gasteiger charge is 2.14. The van der Waals surface area contributed by atoms with Crippen LogP contribution in [0, 0.1) is 11.3 Å². The normalized spacial score (nSPS) is 11.0. The van der Waals surface area contributed by atoms with Gasteiger partial charge in [0.15, 0.2) is 11.5 Å². The lowest BCUT2D eigenvalue weighted by Crippen LogP contribution is -1.95. The molecule has 0 aliphatic heterocycles. The van der Waals surface area contributed by atoms with Gasteiger partial charge in [0, 0.05) is 15.4 Å². The predicted molar refractivity (Wildman–Crippen MR) is 115 cm³/mol. The molecule has 0 amide bonds. The largest absolute Gasteiger partial charge is 0.493 e. The molecule has 3 aromatic rings. The molecule has 3 rings (SSSR count). The first kappa shape index (κ1) is 19.9. The van der Waals surface area contributed by atoms with Gasteiger partial charge in [-0.25, -0.2) is 4.98 Å². The van der Waals surface area contributed by atoms with Gasteiger partial charge in [0.05, 0.1) is 32.6 Å². The van der Waals surface area contributed by atoms with Gasteiger partial charge in [-0.2, -0.15) is 5.26 Å². The number of ether oxygens (including phenoxy) is 3. The Labute approximate surface area is 176 Å². The minimum absolute atomic E-state index is 0.461. The fourth-order valence-electron chi connectivity index (χ4n) is 2.64. The van der Waals surface area contributed by atoms with E-state index < -0.39 is 0 Å². The second-order valence-corrected chi connectivity index (χ2v) is 7.45. The first-order chi connectivity index (χ1) is 13.6. The summed E-state index contributed by atoms with van der Waals surface area (Å²) < 4.78 is 17.1. The molecule has 142 valence electrons. The Morgan fingerprint density at radius 2 is 1.71 bits per heavy atom. The van der Waals surface area contributed by atoms with Crippen molar-refractivity contribution in [3.63, 3.8) is 0 Å². The number of methoxy groups -OCH3 is 3. The summed E-state index contributed by atoms with van der Waals surface area (Å²) in [6, 6.07) is 13.7. The summed E-state index contributed by atoms with van der Waals surface area (Å²) in [7, 11) is 4.67. The molecular formula is C21H17BrN2O3S. The topological polar surface area (TPSA) is 64.4 Å². The van der Waals surface area contributed by atoms with Crippen LogP contribution in [0.5, 0.6) is 17.2 Å². The minimum Gasteiger partial charge on any atom is -0.493 e. The molecule has 0 aliphatic carbocycles. The van der Waals surface area contributed by atoms with Crippen molar-refractivity contribution in [3.05, 3.63) is 56.8 Å². The fraction of sp³-hybridized carbons (Fsp3) is 0.143. The zero-order valence-electron chi connectivity index (χ0n) is 15.5. The van der Waals surface area contributed by atoms with E-state index in [9.17, 15) is 5.26 Å². The summed E-state index contributed by atoms with van der Waals surface area (Å²) in [4.78, 5) is 4.62. The highest BCUT2D eigenvalue weighted by molar-refractivity contribution is 9.10. The number of nitriles is 1. The van der Waals surface area contributed by atoms with Crippen LogP contribution in [-0.4, -0.2) is 26.3 Å². The van der Waals surface area contributed by atoms with Crippen LogP contribution in [0.25, 0.3) is 22.9 Å². The molecule has 0 saturated carbocycles. The lowest BCUT2D eigenvalue weighted by atomic mass is 10.1. The molecule has 0 radical (unpaired) electrons. The summed E-state index contributed by atoms with van der Waals surface area (Å²) >= 11 is 4.86. The molecule has 0 bridgehead atoms. The van der Waals surface area contributed by atoms with Crippen molar-refractivity contribution in [2.24, 2.45) is 0 Å².